The molecule has 0 aromatic heterocycles. The number of methoxy groups -OCH3 is 1. The normalized spacial score (nSPS) is 22.2. The van der Waals surface area contributed by atoms with Gasteiger partial charge in [0.25, 0.3) is 0 Å². The smallest absolute Gasteiger partial charge is 0.415 e. The zero-order valence-electron chi connectivity index (χ0n) is 26.8. The van der Waals surface area contributed by atoms with Crippen LogP contribution in [0.5, 0.6) is 0 Å². The van der Waals surface area contributed by atoms with Crippen LogP contribution in [0.2, 0.25) is 0 Å². The molecule has 9 heteroatoms. The Kier molecular flexibility index (Phi) is 8.59. The predicted molar refractivity (Wildman–Crippen MR) is 173 cm³/mol. The molecule has 0 radical (unpaired) electrons. The molecule has 6 rings (SSSR count). The van der Waals surface area contributed by atoms with Crippen molar-refractivity contribution < 1.29 is 28.7 Å². The number of carbonyl (C=O) groups excluding carboxylic acids is 4. The number of para-hydroxylation sites is 1. The van der Waals surface area contributed by atoms with Crippen molar-refractivity contribution in [2.75, 3.05) is 12.0 Å². The fraction of sp³-hybridized carbons (Fsp3) is 0.405. The molecule has 0 spiro atoms. The number of ether oxygens (including phenoxy) is 2. The Morgan fingerprint density at radius 1 is 0.739 bits per heavy atom. The molecule has 240 valence electrons. The maximum absolute atomic E-state index is 14.9. The number of hydrogen-bond donors (Lipinski definition) is 0. The number of anilines is 1. The van der Waals surface area contributed by atoms with E-state index in [4.69, 9.17) is 9.47 Å². The Labute approximate surface area is 270 Å². The molecule has 1 saturated heterocycles. The van der Waals surface area contributed by atoms with Crippen LogP contribution in [0.3, 0.4) is 0 Å². The van der Waals surface area contributed by atoms with E-state index in [9.17, 15) is 19.2 Å². The van der Waals surface area contributed by atoms with Gasteiger partial charge in [0.1, 0.15) is 23.7 Å². The highest BCUT2D eigenvalue weighted by atomic mass is 16.6. The van der Waals surface area contributed by atoms with Crippen LogP contribution in [-0.4, -0.2) is 70.6 Å². The van der Waals surface area contributed by atoms with E-state index in [2.05, 4.69) is 0 Å². The quantitative estimate of drug-likeness (QED) is 0.368. The molecule has 0 aliphatic carbocycles. The van der Waals surface area contributed by atoms with Crippen molar-refractivity contribution in [1.82, 2.24) is 9.80 Å². The van der Waals surface area contributed by atoms with Gasteiger partial charge in [0.15, 0.2) is 0 Å². The lowest BCUT2D eigenvalue weighted by Crippen LogP contribution is -2.59. The van der Waals surface area contributed by atoms with E-state index in [0.717, 1.165) is 22.3 Å². The van der Waals surface area contributed by atoms with Gasteiger partial charge in [-0.05, 0) is 68.4 Å². The second-order valence-corrected chi connectivity index (χ2v) is 13.4. The summed E-state index contributed by atoms with van der Waals surface area (Å²) in [6, 6.07) is 22.4. The minimum absolute atomic E-state index is 0.246. The third kappa shape index (κ3) is 6.10. The van der Waals surface area contributed by atoms with Crippen LogP contribution in [0, 0.1) is 0 Å². The van der Waals surface area contributed by atoms with Gasteiger partial charge in [-0.2, -0.15) is 0 Å². The number of esters is 1. The molecule has 3 aromatic carbocycles. The highest BCUT2D eigenvalue weighted by Crippen LogP contribution is 2.38. The fourth-order valence-electron chi connectivity index (χ4n) is 7.13. The van der Waals surface area contributed by atoms with Gasteiger partial charge in [0.2, 0.25) is 11.8 Å². The molecule has 4 atom stereocenters. The lowest BCUT2D eigenvalue weighted by molar-refractivity contribution is -0.157. The first kappa shape index (κ1) is 31.3. The van der Waals surface area contributed by atoms with Crippen LogP contribution in [-0.2, 0) is 49.7 Å². The largest absolute Gasteiger partial charge is 0.467 e. The maximum Gasteiger partial charge on any atom is 0.415 e. The molecule has 0 bridgehead atoms. The second kappa shape index (κ2) is 12.6. The van der Waals surface area contributed by atoms with E-state index in [-0.39, 0.29) is 24.4 Å². The summed E-state index contributed by atoms with van der Waals surface area (Å²) in [5.74, 6) is -1.07. The summed E-state index contributed by atoms with van der Waals surface area (Å²) in [5, 5.41) is 0. The molecule has 0 N–H and O–H groups in total. The van der Waals surface area contributed by atoms with Gasteiger partial charge in [-0.25, -0.2) is 9.59 Å². The van der Waals surface area contributed by atoms with Gasteiger partial charge in [-0.1, -0.05) is 72.8 Å². The van der Waals surface area contributed by atoms with Crippen LogP contribution in [0.15, 0.2) is 78.9 Å². The lowest BCUT2D eigenvalue weighted by atomic mass is 9.93. The molecule has 3 aliphatic rings. The molecule has 1 fully saturated rings. The third-order valence-corrected chi connectivity index (χ3v) is 9.21. The summed E-state index contributed by atoms with van der Waals surface area (Å²) >= 11 is 0. The highest BCUT2D eigenvalue weighted by molar-refractivity contribution is 6.02. The topological polar surface area (TPSA) is 96.5 Å². The number of benzene rings is 3. The first-order valence-corrected chi connectivity index (χ1v) is 16.0. The summed E-state index contributed by atoms with van der Waals surface area (Å²) in [7, 11) is 1.33. The predicted octanol–water partition coefficient (Wildman–Crippen LogP) is 5.08. The SMILES string of the molecule is COC(=O)[C@H]1Cc2ccccc2CN1C(=O)[C@H]1CC[C@@H](Cc2ccccc2)N1C(=O)[C@H]1Cc2ccccc2N1C(=O)OC(C)(C)C. The second-order valence-electron chi connectivity index (χ2n) is 13.4. The number of nitrogens with zero attached hydrogens (tertiary/aromatic N) is 3. The maximum atomic E-state index is 14.9. The van der Waals surface area contributed by atoms with Crippen molar-refractivity contribution in [3.63, 3.8) is 0 Å². The van der Waals surface area contributed by atoms with Crippen molar-refractivity contribution in [2.45, 2.75) is 89.2 Å². The van der Waals surface area contributed by atoms with Gasteiger partial charge >= 0.3 is 12.1 Å². The number of fused-ring (bicyclic) bond motifs is 2. The molecule has 46 heavy (non-hydrogen) atoms. The van der Waals surface area contributed by atoms with Gasteiger partial charge in [0, 0.05) is 25.4 Å². The summed E-state index contributed by atoms with van der Waals surface area (Å²) in [6.07, 6.45) is 1.66. The van der Waals surface area contributed by atoms with Crippen molar-refractivity contribution in [1.29, 1.82) is 0 Å². The Morgan fingerprint density at radius 2 is 1.37 bits per heavy atom. The summed E-state index contributed by atoms with van der Waals surface area (Å²) < 4.78 is 10.9. The van der Waals surface area contributed by atoms with Crippen LogP contribution >= 0.6 is 0 Å². The highest BCUT2D eigenvalue weighted by Gasteiger charge is 2.50. The lowest BCUT2D eigenvalue weighted by Gasteiger charge is -2.40. The molecule has 0 unspecified atom stereocenters. The van der Waals surface area contributed by atoms with Gasteiger partial charge in [-0.15, -0.1) is 0 Å². The molecule has 9 nitrogen and oxygen atoms in total. The van der Waals surface area contributed by atoms with E-state index in [1.54, 1.807) is 30.6 Å². The number of amides is 3. The molecule has 3 aromatic rings. The number of rotatable bonds is 5. The standard InChI is InChI=1S/C37H41N3O6/c1-37(2,3)46-36(44)40-29-17-11-10-15-26(29)22-31(40)34(42)39-28(20-24-12-6-5-7-13-24)18-19-30(39)33(41)38-23-27-16-9-8-14-25(27)21-32(38)35(43)45-4/h5-17,28,30-32H,18-23H2,1-4H3/t28-,30+,31+,32+/m0/s1. The van der Waals surface area contributed by atoms with Gasteiger partial charge in [0.05, 0.1) is 12.8 Å². The average molecular weight is 624 g/mol. The van der Waals surface area contributed by atoms with Crippen molar-refractivity contribution in [2.24, 2.45) is 0 Å². The minimum Gasteiger partial charge on any atom is -0.467 e. The minimum atomic E-state index is -0.877. The molecular formula is C37H41N3O6. The van der Waals surface area contributed by atoms with Crippen LogP contribution in [0.25, 0.3) is 0 Å². The Balaban J connectivity index is 1.36. The first-order valence-electron chi connectivity index (χ1n) is 16.0. The van der Waals surface area contributed by atoms with Gasteiger partial charge in [-0.3, -0.25) is 14.5 Å². The van der Waals surface area contributed by atoms with Crippen molar-refractivity contribution >= 4 is 29.6 Å². The number of hydrogen-bond acceptors (Lipinski definition) is 6. The summed E-state index contributed by atoms with van der Waals surface area (Å²) in [4.78, 5) is 60.9. The number of carbonyl (C=O) groups is 4. The summed E-state index contributed by atoms with van der Waals surface area (Å²) in [5.41, 5.74) is 3.76. The van der Waals surface area contributed by atoms with E-state index in [0.29, 0.717) is 37.8 Å². The van der Waals surface area contributed by atoms with Gasteiger partial charge < -0.3 is 19.3 Å². The third-order valence-electron chi connectivity index (χ3n) is 9.21. The van der Waals surface area contributed by atoms with E-state index in [1.165, 1.54) is 12.0 Å². The molecule has 3 aliphatic heterocycles. The van der Waals surface area contributed by atoms with Crippen LogP contribution in [0.1, 0.15) is 55.9 Å². The zero-order chi connectivity index (χ0) is 32.6. The Hall–Kier alpha value is -4.66. The number of likely N-dealkylation sites (tertiary alicyclic amines) is 1. The molecular weight excluding hydrogens is 582 g/mol. The fourth-order valence-corrected chi connectivity index (χ4v) is 7.13. The average Bonchev–Trinajstić information content (AvgIpc) is 3.65. The molecule has 3 heterocycles. The van der Waals surface area contributed by atoms with Crippen molar-refractivity contribution in [3.05, 3.63) is 101 Å². The van der Waals surface area contributed by atoms with Crippen LogP contribution < -0.4 is 4.90 Å². The van der Waals surface area contributed by atoms with E-state index in [1.807, 2.05) is 78.9 Å². The molecule has 0 saturated carbocycles. The Bertz CT molecular complexity index is 1630. The Morgan fingerprint density at radius 3 is 2.07 bits per heavy atom. The van der Waals surface area contributed by atoms with E-state index >= 15 is 0 Å². The van der Waals surface area contributed by atoms with E-state index < -0.39 is 35.8 Å². The monoisotopic (exact) mass is 623 g/mol. The molecule has 3 amide bonds. The first-order chi connectivity index (χ1) is 22.1. The van der Waals surface area contributed by atoms with Crippen LogP contribution in [0.4, 0.5) is 10.5 Å². The van der Waals surface area contributed by atoms with Crippen molar-refractivity contribution in [3.8, 4) is 0 Å². The zero-order valence-corrected chi connectivity index (χ0v) is 26.8. The summed E-state index contributed by atoms with van der Waals surface area (Å²) in [6.45, 7) is 5.63.